The van der Waals surface area contributed by atoms with Crippen LogP contribution < -0.4 is 20.1 Å². The first kappa shape index (κ1) is 30.7. The number of carbonyl (C=O) groups excluding carboxylic acids is 3. The topological polar surface area (TPSA) is 124 Å². The van der Waals surface area contributed by atoms with Crippen molar-refractivity contribution in [3.05, 3.63) is 89.1 Å². The maximum Gasteiger partial charge on any atom is 0.277 e. The number of likely N-dealkylation sites (tertiary alicyclic amines) is 1. The van der Waals surface area contributed by atoms with Crippen molar-refractivity contribution in [2.24, 2.45) is 5.92 Å². The summed E-state index contributed by atoms with van der Waals surface area (Å²) in [6, 6.07) is 15.4. The highest BCUT2D eigenvalue weighted by atomic mass is 19.1. The molecule has 4 aromatic rings. The van der Waals surface area contributed by atoms with E-state index in [4.69, 9.17) is 14.2 Å². The highest BCUT2D eigenvalue weighted by Crippen LogP contribution is 2.32. The Labute approximate surface area is 271 Å². The van der Waals surface area contributed by atoms with Gasteiger partial charge in [-0.05, 0) is 73.6 Å². The third-order valence-corrected chi connectivity index (χ3v) is 8.65. The normalized spacial score (nSPS) is 20.4. The van der Waals surface area contributed by atoms with Crippen LogP contribution in [-0.2, 0) is 16.1 Å². The lowest BCUT2D eigenvalue weighted by Crippen LogP contribution is -2.57. The number of aryl methyl sites for hydroxylation is 1. The molecule has 2 fully saturated rings. The molecule has 0 spiro atoms. The third kappa shape index (κ3) is 7.07. The second-order valence-electron chi connectivity index (χ2n) is 12.5. The van der Waals surface area contributed by atoms with E-state index in [1.165, 1.54) is 9.30 Å². The zero-order valence-corrected chi connectivity index (χ0v) is 26.0. The van der Waals surface area contributed by atoms with E-state index < -0.39 is 24.0 Å². The number of imidazole rings is 1. The van der Waals surface area contributed by atoms with Gasteiger partial charge in [0.2, 0.25) is 11.9 Å². The molecular formula is C35H36FN5O6. The number of fused-ring (bicyclic) bond motifs is 6. The molecule has 11 nitrogen and oxygen atoms in total. The molecule has 4 heterocycles. The first-order valence-corrected chi connectivity index (χ1v) is 16.0. The summed E-state index contributed by atoms with van der Waals surface area (Å²) >= 11 is 0. The monoisotopic (exact) mass is 641 g/mol. The number of rotatable bonds is 4. The van der Waals surface area contributed by atoms with Gasteiger partial charge in [0.05, 0.1) is 25.4 Å². The fourth-order valence-corrected chi connectivity index (χ4v) is 5.91. The van der Waals surface area contributed by atoms with Crippen molar-refractivity contribution in [1.29, 1.82) is 0 Å². The summed E-state index contributed by atoms with van der Waals surface area (Å²) in [5.41, 5.74) is 2.10. The van der Waals surface area contributed by atoms with Crippen LogP contribution in [0.3, 0.4) is 0 Å². The van der Waals surface area contributed by atoms with E-state index in [2.05, 4.69) is 15.6 Å². The molecule has 47 heavy (non-hydrogen) atoms. The Bertz CT molecular complexity index is 1840. The summed E-state index contributed by atoms with van der Waals surface area (Å²) in [4.78, 5) is 45.5. The van der Waals surface area contributed by atoms with E-state index in [0.717, 1.165) is 24.0 Å². The second kappa shape index (κ2) is 13.0. The zero-order valence-electron chi connectivity index (χ0n) is 26.0. The Morgan fingerprint density at radius 3 is 2.81 bits per heavy atom. The fourth-order valence-electron chi connectivity index (χ4n) is 5.91. The van der Waals surface area contributed by atoms with Gasteiger partial charge in [-0.1, -0.05) is 18.2 Å². The summed E-state index contributed by atoms with van der Waals surface area (Å²) in [6.45, 7) is 3.13. The molecule has 3 aliphatic rings. The number of amides is 3. The summed E-state index contributed by atoms with van der Waals surface area (Å²) in [5, 5.41) is 5.81. The average Bonchev–Trinajstić information content (AvgIpc) is 3.84. The molecule has 3 amide bonds. The number of benzene rings is 2. The van der Waals surface area contributed by atoms with E-state index in [1.807, 2.05) is 31.2 Å². The summed E-state index contributed by atoms with van der Waals surface area (Å²) in [7, 11) is 0. The van der Waals surface area contributed by atoms with Crippen molar-refractivity contribution in [2.45, 2.75) is 51.4 Å². The Morgan fingerprint density at radius 2 is 1.96 bits per heavy atom. The molecule has 2 aromatic heterocycles. The molecule has 0 radical (unpaired) electrons. The molecule has 2 aromatic carbocycles. The molecule has 2 N–H and O–H groups in total. The van der Waals surface area contributed by atoms with Gasteiger partial charge < -0.3 is 29.7 Å². The number of aromatic nitrogens is 2. The quantitative estimate of drug-likeness (QED) is 0.339. The van der Waals surface area contributed by atoms with Gasteiger partial charge in [-0.15, -0.1) is 0 Å². The van der Waals surface area contributed by atoms with Crippen LogP contribution in [0.4, 0.5) is 4.39 Å². The van der Waals surface area contributed by atoms with Crippen LogP contribution in [0.25, 0.3) is 5.65 Å². The Kier molecular flexibility index (Phi) is 8.50. The number of nitrogens with one attached hydrogen (secondary N) is 2. The molecule has 1 aliphatic carbocycles. The number of pyridine rings is 1. The van der Waals surface area contributed by atoms with E-state index in [-0.39, 0.29) is 43.6 Å². The first-order valence-electron chi connectivity index (χ1n) is 16.0. The molecule has 12 heteroatoms. The Hall–Kier alpha value is -4.97. The Morgan fingerprint density at radius 1 is 1.09 bits per heavy atom. The van der Waals surface area contributed by atoms with Crippen LogP contribution in [0.5, 0.6) is 17.2 Å². The fraction of sp³-hybridized carbons (Fsp3) is 0.371. The molecule has 0 unspecified atom stereocenters. The van der Waals surface area contributed by atoms with E-state index in [9.17, 15) is 14.4 Å². The second-order valence-corrected chi connectivity index (χ2v) is 12.5. The number of carbonyl (C=O) groups is 3. The lowest BCUT2D eigenvalue weighted by molar-refractivity contribution is -0.124. The van der Waals surface area contributed by atoms with Gasteiger partial charge in [-0.2, -0.15) is 4.39 Å². The molecule has 4 bridgehead atoms. The van der Waals surface area contributed by atoms with Gasteiger partial charge in [-0.25, -0.2) is 4.98 Å². The number of piperidine rings is 1. The van der Waals surface area contributed by atoms with Crippen molar-refractivity contribution < 1.29 is 33.0 Å². The zero-order chi connectivity index (χ0) is 32.5. The smallest absolute Gasteiger partial charge is 0.277 e. The largest absolute Gasteiger partial charge is 0.493 e. The van der Waals surface area contributed by atoms with Crippen molar-refractivity contribution in [1.82, 2.24) is 24.9 Å². The molecule has 244 valence electrons. The van der Waals surface area contributed by atoms with Crippen LogP contribution >= 0.6 is 0 Å². The SMILES string of the molecule is Cc1ccc2nc(C(=O)N3CC[C@H]4OCc5cccc(c5)Oc5cc(OCC6CC6)cc(c5)C(=O)NCCC(=O)N[C@H]4C3)c(F)n2c1. The lowest BCUT2D eigenvalue weighted by atomic mass is 10.0. The minimum Gasteiger partial charge on any atom is -0.493 e. The number of hydrogen-bond acceptors (Lipinski definition) is 7. The predicted octanol–water partition coefficient (Wildman–Crippen LogP) is 4.41. The minimum atomic E-state index is -0.727. The third-order valence-electron chi connectivity index (χ3n) is 8.65. The molecule has 2 atom stereocenters. The maximum atomic E-state index is 15.3. The van der Waals surface area contributed by atoms with Crippen molar-refractivity contribution >= 4 is 23.4 Å². The maximum absolute atomic E-state index is 15.3. The molecule has 7 rings (SSSR count). The van der Waals surface area contributed by atoms with Gasteiger partial charge in [-0.3, -0.25) is 18.8 Å². The molecule has 1 saturated carbocycles. The lowest BCUT2D eigenvalue weighted by Gasteiger charge is -2.38. The standard InChI is InChI=1S/C35H36FN5O6/c1-21-5-8-30-39-32(33(36)41(30)17-21)35(44)40-12-10-29-28(18-40)38-31(42)9-11-37-34(43)24-14-26(45-19-22-6-7-22)16-27(15-24)47-25-4-2-3-23(13-25)20-46-29/h2-5,8,13-17,22,28-29H,6-7,9-12,18-20H2,1H3,(H,37,43)(H,38,42)/t28-,29+/m0/s1. The summed E-state index contributed by atoms with van der Waals surface area (Å²) in [6.07, 6.45) is 3.86. The summed E-state index contributed by atoms with van der Waals surface area (Å²) < 4.78 is 35.0. The minimum absolute atomic E-state index is 0.00528. The highest BCUT2D eigenvalue weighted by molar-refractivity contribution is 5.95. The van der Waals surface area contributed by atoms with Crippen molar-refractivity contribution in [3.8, 4) is 17.2 Å². The van der Waals surface area contributed by atoms with E-state index in [0.29, 0.717) is 53.9 Å². The van der Waals surface area contributed by atoms with Crippen LogP contribution in [0, 0.1) is 18.8 Å². The van der Waals surface area contributed by atoms with Gasteiger partial charge >= 0.3 is 0 Å². The molecular weight excluding hydrogens is 605 g/mol. The van der Waals surface area contributed by atoms with Crippen molar-refractivity contribution in [2.75, 3.05) is 26.2 Å². The predicted molar refractivity (Wildman–Crippen MR) is 169 cm³/mol. The van der Waals surface area contributed by atoms with Gasteiger partial charge in [0.25, 0.3) is 11.8 Å². The van der Waals surface area contributed by atoms with Gasteiger partial charge in [0.15, 0.2) is 5.69 Å². The van der Waals surface area contributed by atoms with Crippen LogP contribution in [0.2, 0.25) is 0 Å². The van der Waals surface area contributed by atoms with Gasteiger partial charge in [0.1, 0.15) is 22.9 Å². The average molecular weight is 642 g/mol. The number of ether oxygens (including phenoxy) is 3. The number of nitrogens with zero attached hydrogens (tertiary/aromatic N) is 3. The van der Waals surface area contributed by atoms with E-state index in [1.54, 1.807) is 36.5 Å². The van der Waals surface area contributed by atoms with Crippen LogP contribution in [0.1, 0.15) is 57.7 Å². The summed E-state index contributed by atoms with van der Waals surface area (Å²) in [5.74, 6) is 0.133. The highest BCUT2D eigenvalue weighted by Gasteiger charge is 2.35. The van der Waals surface area contributed by atoms with E-state index >= 15 is 4.39 Å². The van der Waals surface area contributed by atoms with Gasteiger partial charge in [0, 0.05) is 43.9 Å². The molecule has 2 aliphatic heterocycles. The number of hydrogen-bond donors (Lipinski definition) is 2. The number of halogens is 1. The van der Waals surface area contributed by atoms with Crippen LogP contribution in [-0.4, -0.2) is 70.4 Å². The van der Waals surface area contributed by atoms with Crippen molar-refractivity contribution in [3.63, 3.8) is 0 Å². The molecule has 1 saturated heterocycles. The van der Waals surface area contributed by atoms with Crippen LogP contribution in [0.15, 0.2) is 60.8 Å². The first-order chi connectivity index (χ1) is 22.8. The Balaban J connectivity index is 1.11.